The molecular weight excluding hydrogens is 305 g/mol. The van der Waals surface area contributed by atoms with Gasteiger partial charge in [-0.15, -0.1) is 0 Å². The number of benzene rings is 2. The molecule has 0 radical (unpaired) electrons. The molecule has 2 N–H and O–H groups in total. The van der Waals surface area contributed by atoms with Crippen molar-refractivity contribution in [2.45, 2.75) is 25.8 Å². The second-order valence-electron chi connectivity index (χ2n) is 5.56. The lowest BCUT2D eigenvalue weighted by Gasteiger charge is -2.11. The van der Waals surface area contributed by atoms with Crippen molar-refractivity contribution in [3.05, 3.63) is 52.3 Å². The van der Waals surface area contributed by atoms with E-state index in [1.54, 1.807) is 6.92 Å². The molecule has 22 heavy (non-hydrogen) atoms. The number of amides is 1. The predicted molar refractivity (Wildman–Crippen MR) is 83.7 cm³/mol. The summed E-state index contributed by atoms with van der Waals surface area (Å²) in [4.78, 5) is 12.1. The fraction of sp³-hybridized carbons (Fsp3) is 0.235. The van der Waals surface area contributed by atoms with Crippen molar-refractivity contribution in [3.63, 3.8) is 0 Å². The highest BCUT2D eigenvalue weighted by Crippen LogP contribution is 2.35. The third-order valence-electron chi connectivity index (χ3n) is 3.71. The predicted octanol–water partition coefficient (Wildman–Crippen LogP) is 4.05. The van der Waals surface area contributed by atoms with Crippen LogP contribution in [0.15, 0.2) is 30.3 Å². The summed E-state index contributed by atoms with van der Waals surface area (Å²) < 4.78 is 14.1. The zero-order chi connectivity index (χ0) is 15.9. The van der Waals surface area contributed by atoms with E-state index in [9.17, 15) is 14.3 Å². The first-order chi connectivity index (χ1) is 10.5. The van der Waals surface area contributed by atoms with E-state index >= 15 is 0 Å². The maximum atomic E-state index is 14.1. The average molecular weight is 320 g/mol. The molecule has 0 bridgehead atoms. The maximum Gasteiger partial charge on any atom is 0.251 e. The number of rotatable bonds is 3. The van der Waals surface area contributed by atoms with Crippen LogP contribution in [0.5, 0.6) is 5.75 Å². The van der Waals surface area contributed by atoms with Crippen LogP contribution >= 0.6 is 11.6 Å². The van der Waals surface area contributed by atoms with Crippen LogP contribution in [0.2, 0.25) is 5.02 Å². The molecule has 1 fully saturated rings. The number of aromatic hydroxyl groups is 1. The minimum Gasteiger partial charge on any atom is -0.507 e. The number of hydrogen-bond acceptors (Lipinski definition) is 2. The van der Waals surface area contributed by atoms with Crippen LogP contribution in [0.1, 0.15) is 28.8 Å². The summed E-state index contributed by atoms with van der Waals surface area (Å²) in [5, 5.41) is 13.3. The van der Waals surface area contributed by atoms with Gasteiger partial charge in [-0.25, -0.2) is 4.39 Å². The van der Waals surface area contributed by atoms with Gasteiger partial charge in [-0.1, -0.05) is 11.6 Å². The van der Waals surface area contributed by atoms with E-state index in [4.69, 9.17) is 11.6 Å². The van der Waals surface area contributed by atoms with E-state index in [1.165, 1.54) is 30.3 Å². The Hall–Kier alpha value is -2.07. The van der Waals surface area contributed by atoms with Crippen LogP contribution in [0.3, 0.4) is 0 Å². The van der Waals surface area contributed by atoms with Crippen LogP contribution in [0, 0.1) is 12.7 Å². The van der Waals surface area contributed by atoms with Gasteiger partial charge in [-0.05, 0) is 55.7 Å². The molecular formula is C17H15ClFNO2. The fourth-order valence-corrected chi connectivity index (χ4v) is 2.41. The van der Waals surface area contributed by atoms with E-state index in [-0.39, 0.29) is 28.8 Å². The summed E-state index contributed by atoms with van der Waals surface area (Å²) in [6.45, 7) is 1.75. The summed E-state index contributed by atoms with van der Waals surface area (Å²) in [5.41, 5.74) is 1.49. The first-order valence-electron chi connectivity index (χ1n) is 7.05. The maximum absolute atomic E-state index is 14.1. The molecule has 1 saturated carbocycles. The molecule has 1 aliphatic carbocycles. The van der Waals surface area contributed by atoms with E-state index in [2.05, 4.69) is 5.32 Å². The summed E-state index contributed by atoms with van der Waals surface area (Å²) in [6.07, 6.45) is 1.96. The molecule has 5 heteroatoms. The largest absolute Gasteiger partial charge is 0.507 e. The van der Waals surface area contributed by atoms with Crippen molar-refractivity contribution in [3.8, 4) is 16.9 Å². The zero-order valence-electron chi connectivity index (χ0n) is 12.0. The fourth-order valence-electron chi connectivity index (χ4n) is 2.25. The van der Waals surface area contributed by atoms with Gasteiger partial charge in [-0.2, -0.15) is 0 Å². The van der Waals surface area contributed by atoms with E-state index in [1.807, 2.05) is 0 Å². The minimum absolute atomic E-state index is 0.0689. The van der Waals surface area contributed by atoms with Crippen molar-refractivity contribution in [1.29, 1.82) is 0 Å². The third-order valence-corrected chi connectivity index (χ3v) is 4.12. The number of carbonyl (C=O) groups excluding carboxylic acids is 1. The van der Waals surface area contributed by atoms with Crippen LogP contribution in [-0.4, -0.2) is 17.1 Å². The van der Waals surface area contributed by atoms with Gasteiger partial charge in [0.05, 0.1) is 0 Å². The van der Waals surface area contributed by atoms with Gasteiger partial charge < -0.3 is 10.4 Å². The van der Waals surface area contributed by atoms with E-state index in [0.717, 1.165) is 12.8 Å². The summed E-state index contributed by atoms with van der Waals surface area (Å²) in [7, 11) is 0. The van der Waals surface area contributed by atoms with Crippen molar-refractivity contribution in [2.24, 2.45) is 0 Å². The number of phenols is 1. The Morgan fingerprint density at radius 1 is 1.27 bits per heavy atom. The van der Waals surface area contributed by atoms with Crippen LogP contribution in [-0.2, 0) is 0 Å². The molecule has 3 nitrogen and oxygen atoms in total. The van der Waals surface area contributed by atoms with Gasteiger partial charge in [0.15, 0.2) is 0 Å². The van der Waals surface area contributed by atoms with Gasteiger partial charge in [-0.3, -0.25) is 4.79 Å². The number of hydrogen-bond donors (Lipinski definition) is 2. The first kappa shape index (κ1) is 14.9. The minimum atomic E-state index is -0.516. The molecule has 1 aliphatic rings. The quantitative estimate of drug-likeness (QED) is 0.896. The summed E-state index contributed by atoms with van der Waals surface area (Å²) >= 11 is 6.05. The van der Waals surface area contributed by atoms with Gasteiger partial charge in [0.2, 0.25) is 0 Å². The molecule has 0 atom stereocenters. The molecule has 1 amide bonds. The molecule has 0 spiro atoms. The number of nitrogens with one attached hydrogen (secondary N) is 1. The van der Waals surface area contributed by atoms with Gasteiger partial charge in [0.25, 0.3) is 5.91 Å². The van der Waals surface area contributed by atoms with Crippen molar-refractivity contribution < 1.29 is 14.3 Å². The number of carbonyl (C=O) groups is 1. The van der Waals surface area contributed by atoms with E-state index < -0.39 is 5.82 Å². The van der Waals surface area contributed by atoms with Crippen molar-refractivity contribution >= 4 is 17.5 Å². The Morgan fingerprint density at radius 3 is 2.68 bits per heavy atom. The molecule has 3 rings (SSSR count). The average Bonchev–Trinajstić information content (AvgIpc) is 3.27. The Morgan fingerprint density at radius 2 is 2.00 bits per heavy atom. The highest BCUT2D eigenvalue weighted by Gasteiger charge is 2.24. The molecule has 0 aliphatic heterocycles. The first-order valence-corrected chi connectivity index (χ1v) is 7.43. The SMILES string of the molecule is Cc1cc(O)c(-c2cc(C(=O)NC3CC3)ccc2F)cc1Cl. The number of halogens is 2. The Labute approximate surface area is 132 Å². The van der Waals surface area contributed by atoms with Gasteiger partial charge in [0, 0.05) is 27.8 Å². The highest BCUT2D eigenvalue weighted by molar-refractivity contribution is 6.31. The van der Waals surface area contributed by atoms with Gasteiger partial charge in [0.1, 0.15) is 11.6 Å². The van der Waals surface area contributed by atoms with Crippen molar-refractivity contribution in [2.75, 3.05) is 0 Å². The summed E-state index contributed by atoms with van der Waals surface area (Å²) in [6, 6.07) is 7.31. The second kappa shape index (κ2) is 5.61. The molecule has 0 unspecified atom stereocenters. The monoisotopic (exact) mass is 319 g/mol. The molecule has 0 aromatic heterocycles. The molecule has 2 aromatic rings. The highest BCUT2D eigenvalue weighted by atomic mass is 35.5. The number of phenolic OH excluding ortho intramolecular Hbond substituents is 1. The smallest absolute Gasteiger partial charge is 0.251 e. The molecule has 0 heterocycles. The van der Waals surface area contributed by atoms with E-state index in [0.29, 0.717) is 16.1 Å². The van der Waals surface area contributed by atoms with Gasteiger partial charge >= 0.3 is 0 Å². The standard InChI is InChI=1S/C17H15ClFNO2/c1-9-6-16(21)13(8-14(9)18)12-7-10(2-5-15(12)19)17(22)20-11-3-4-11/h2,5-8,11,21H,3-4H2,1H3,(H,20,22). The second-order valence-corrected chi connectivity index (χ2v) is 5.97. The molecule has 114 valence electrons. The van der Waals surface area contributed by atoms with Crippen LogP contribution < -0.4 is 5.32 Å². The Bertz CT molecular complexity index is 757. The van der Waals surface area contributed by atoms with Crippen LogP contribution in [0.4, 0.5) is 4.39 Å². The summed E-state index contributed by atoms with van der Waals surface area (Å²) in [5.74, 6) is -0.819. The Kier molecular flexibility index (Phi) is 3.79. The third kappa shape index (κ3) is 2.92. The molecule has 0 saturated heterocycles. The lowest BCUT2D eigenvalue weighted by atomic mass is 10.00. The molecule has 2 aromatic carbocycles. The Balaban J connectivity index is 2.02. The normalized spacial score (nSPS) is 14.0. The zero-order valence-corrected chi connectivity index (χ0v) is 12.7. The number of aryl methyl sites for hydroxylation is 1. The lowest BCUT2D eigenvalue weighted by molar-refractivity contribution is 0.0951. The lowest BCUT2D eigenvalue weighted by Crippen LogP contribution is -2.25. The van der Waals surface area contributed by atoms with Crippen LogP contribution in [0.25, 0.3) is 11.1 Å². The topological polar surface area (TPSA) is 49.3 Å². The van der Waals surface area contributed by atoms with Crippen molar-refractivity contribution in [1.82, 2.24) is 5.32 Å².